The van der Waals surface area contributed by atoms with Crippen molar-refractivity contribution in [1.29, 1.82) is 0 Å². The molecule has 1 heterocycles. The second kappa shape index (κ2) is 7.62. The summed E-state index contributed by atoms with van der Waals surface area (Å²) in [5.74, 6) is 2.02. The third-order valence-electron chi connectivity index (χ3n) is 5.25. The molecule has 1 saturated carbocycles. The molecule has 1 aliphatic carbocycles. The third kappa shape index (κ3) is 3.62. The Hall–Kier alpha value is -1.46. The van der Waals surface area contributed by atoms with Crippen LogP contribution in [0.5, 0.6) is 11.5 Å². The minimum atomic E-state index is -0.267. The van der Waals surface area contributed by atoms with Crippen molar-refractivity contribution in [3.63, 3.8) is 0 Å². The highest BCUT2D eigenvalue weighted by atomic mass is 35.5. The highest BCUT2D eigenvalue weighted by Gasteiger charge is 2.46. The van der Waals surface area contributed by atoms with E-state index < -0.39 is 0 Å². The molecule has 3 rings (SSSR count). The van der Waals surface area contributed by atoms with Crippen LogP contribution in [0.15, 0.2) is 18.2 Å². The molecule has 6 heteroatoms. The van der Waals surface area contributed by atoms with E-state index in [1.165, 1.54) is 0 Å². The summed E-state index contributed by atoms with van der Waals surface area (Å²) < 4.78 is 11.2. The van der Waals surface area contributed by atoms with Crippen molar-refractivity contribution >= 4 is 18.3 Å². The lowest BCUT2D eigenvalue weighted by Crippen LogP contribution is -2.53. The van der Waals surface area contributed by atoms with Gasteiger partial charge in [0.2, 0.25) is 5.91 Å². The van der Waals surface area contributed by atoms with Gasteiger partial charge in [-0.1, -0.05) is 19.9 Å². The second-order valence-corrected chi connectivity index (χ2v) is 6.53. The summed E-state index contributed by atoms with van der Waals surface area (Å²) in [4.78, 5) is 12.5. The van der Waals surface area contributed by atoms with E-state index in [0.29, 0.717) is 19.8 Å². The summed E-state index contributed by atoms with van der Waals surface area (Å²) in [6.07, 6.45) is 2.60. The van der Waals surface area contributed by atoms with Crippen LogP contribution in [-0.2, 0) is 4.79 Å². The van der Waals surface area contributed by atoms with Crippen molar-refractivity contribution in [2.24, 2.45) is 11.7 Å². The molecule has 1 aliphatic heterocycles. The number of halogens is 1. The summed E-state index contributed by atoms with van der Waals surface area (Å²) in [5.41, 5.74) is 6.76. The predicted molar refractivity (Wildman–Crippen MR) is 96.0 cm³/mol. The van der Waals surface area contributed by atoms with Crippen LogP contribution in [0.4, 0.5) is 0 Å². The molecule has 0 aromatic heterocycles. The Morgan fingerprint density at radius 3 is 2.54 bits per heavy atom. The fourth-order valence-electron chi connectivity index (χ4n) is 3.26. The van der Waals surface area contributed by atoms with Gasteiger partial charge in [0.05, 0.1) is 5.54 Å². The maximum absolute atomic E-state index is 12.5. The Kier molecular flexibility index (Phi) is 5.99. The average molecular weight is 355 g/mol. The van der Waals surface area contributed by atoms with E-state index in [2.05, 4.69) is 19.2 Å². The quantitative estimate of drug-likeness (QED) is 0.823. The van der Waals surface area contributed by atoms with E-state index in [9.17, 15) is 4.79 Å². The number of benzene rings is 1. The van der Waals surface area contributed by atoms with Gasteiger partial charge in [0, 0.05) is 12.5 Å². The molecule has 0 saturated heterocycles. The van der Waals surface area contributed by atoms with Gasteiger partial charge in [0.25, 0.3) is 0 Å². The van der Waals surface area contributed by atoms with E-state index in [1.54, 1.807) is 0 Å². The number of fused-ring (bicyclic) bond motifs is 1. The largest absolute Gasteiger partial charge is 0.486 e. The molecule has 3 N–H and O–H groups in total. The smallest absolute Gasteiger partial charge is 0.224 e. The number of carbonyl (C=O) groups excluding carboxylic acids is 1. The first-order valence-corrected chi connectivity index (χ1v) is 8.54. The number of rotatable bonds is 6. The Balaban J connectivity index is 0.00000208. The van der Waals surface area contributed by atoms with E-state index >= 15 is 0 Å². The number of hydrogen-bond acceptors (Lipinski definition) is 4. The van der Waals surface area contributed by atoms with Crippen molar-refractivity contribution in [3.05, 3.63) is 23.8 Å². The summed E-state index contributed by atoms with van der Waals surface area (Å²) in [7, 11) is 0. The summed E-state index contributed by atoms with van der Waals surface area (Å²) in [6, 6.07) is 6.00. The molecular weight excluding hydrogens is 328 g/mol. The number of carbonyl (C=O) groups is 1. The van der Waals surface area contributed by atoms with Crippen molar-refractivity contribution in [3.8, 4) is 11.5 Å². The fourth-order valence-corrected chi connectivity index (χ4v) is 3.26. The highest BCUT2D eigenvalue weighted by molar-refractivity contribution is 5.85. The van der Waals surface area contributed by atoms with Crippen molar-refractivity contribution in [1.82, 2.24) is 5.32 Å². The van der Waals surface area contributed by atoms with Gasteiger partial charge in [0.15, 0.2) is 11.5 Å². The van der Waals surface area contributed by atoms with E-state index in [1.807, 2.05) is 18.2 Å². The topological polar surface area (TPSA) is 73.6 Å². The first-order chi connectivity index (χ1) is 11.1. The van der Waals surface area contributed by atoms with Gasteiger partial charge in [-0.3, -0.25) is 4.79 Å². The summed E-state index contributed by atoms with van der Waals surface area (Å²) >= 11 is 0. The van der Waals surface area contributed by atoms with Crippen LogP contribution in [0.3, 0.4) is 0 Å². The monoisotopic (exact) mass is 354 g/mol. The minimum absolute atomic E-state index is 0. The Labute approximate surface area is 149 Å². The van der Waals surface area contributed by atoms with Gasteiger partial charge >= 0.3 is 0 Å². The van der Waals surface area contributed by atoms with Crippen LogP contribution in [0, 0.1) is 5.92 Å². The van der Waals surface area contributed by atoms with Crippen molar-refractivity contribution < 1.29 is 14.3 Å². The average Bonchev–Trinajstić information content (AvgIpc) is 3.40. The molecule has 2 aliphatic rings. The Bertz CT molecular complexity index is 581. The van der Waals surface area contributed by atoms with Gasteiger partial charge < -0.3 is 20.5 Å². The Morgan fingerprint density at radius 2 is 1.92 bits per heavy atom. The SMILES string of the molecule is CCC(CC)(CN)NC(=O)C1CC1c1ccc2c(c1)OCCO2.Cl. The zero-order chi connectivity index (χ0) is 16.4. The van der Waals surface area contributed by atoms with Crippen molar-refractivity contribution in [2.75, 3.05) is 19.8 Å². The molecule has 0 spiro atoms. The van der Waals surface area contributed by atoms with Crippen LogP contribution < -0.4 is 20.5 Å². The predicted octanol–water partition coefficient (Wildman–Crippen LogP) is 2.62. The second-order valence-electron chi connectivity index (χ2n) is 6.53. The van der Waals surface area contributed by atoms with Crippen LogP contribution in [0.25, 0.3) is 0 Å². The van der Waals surface area contributed by atoms with Gasteiger partial charge in [-0.15, -0.1) is 12.4 Å². The van der Waals surface area contributed by atoms with Crippen LogP contribution in [-0.4, -0.2) is 31.2 Å². The maximum Gasteiger partial charge on any atom is 0.224 e. The van der Waals surface area contributed by atoms with E-state index in [0.717, 1.165) is 36.3 Å². The molecule has 24 heavy (non-hydrogen) atoms. The number of hydrogen-bond donors (Lipinski definition) is 2. The number of nitrogens with two attached hydrogens (primary N) is 1. The lowest BCUT2D eigenvalue weighted by molar-refractivity contribution is -0.124. The zero-order valence-corrected chi connectivity index (χ0v) is 15.2. The molecular formula is C18H27ClN2O3. The molecule has 2 unspecified atom stereocenters. The fraction of sp³-hybridized carbons (Fsp3) is 0.611. The summed E-state index contributed by atoms with van der Waals surface area (Å²) in [5, 5.41) is 3.18. The number of amides is 1. The maximum atomic E-state index is 12.5. The lowest BCUT2D eigenvalue weighted by Gasteiger charge is -2.31. The van der Waals surface area contributed by atoms with Gasteiger partial charge in [-0.25, -0.2) is 0 Å². The standard InChI is InChI=1S/C18H26N2O3.ClH/c1-3-18(4-2,11-19)20-17(21)14-10-13(14)12-5-6-15-16(9-12)23-8-7-22-15;/h5-6,9,13-14H,3-4,7-8,10-11,19H2,1-2H3,(H,20,21);1H. The van der Waals surface area contributed by atoms with Gasteiger partial charge in [-0.05, 0) is 42.9 Å². The molecule has 1 fully saturated rings. The molecule has 5 nitrogen and oxygen atoms in total. The first kappa shape index (κ1) is 18.9. The zero-order valence-electron chi connectivity index (χ0n) is 14.3. The molecule has 1 aromatic rings. The summed E-state index contributed by atoms with van der Waals surface area (Å²) in [6.45, 7) is 5.80. The minimum Gasteiger partial charge on any atom is -0.486 e. The van der Waals surface area contributed by atoms with Gasteiger partial charge in [0.1, 0.15) is 13.2 Å². The molecule has 2 atom stereocenters. The molecule has 1 amide bonds. The van der Waals surface area contributed by atoms with E-state index in [4.69, 9.17) is 15.2 Å². The Morgan fingerprint density at radius 1 is 1.25 bits per heavy atom. The number of nitrogens with one attached hydrogen (secondary N) is 1. The molecule has 0 bridgehead atoms. The normalized spacial score (nSPS) is 21.6. The van der Waals surface area contributed by atoms with E-state index in [-0.39, 0.29) is 35.7 Å². The number of ether oxygens (including phenoxy) is 2. The highest BCUT2D eigenvalue weighted by Crippen LogP contribution is 2.49. The third-order valence-corrected chi connectivity index (χ3v) is 5.25. The van der Waals surface area contributed by atoms with Crippen LogP contribution in [0.2, 0.25) is 0 Å². The lowest BCUT2D eigenvalue weighted by atomic mass is 9.92. The van der Waals surface area contributed by atoms with Crippen LogP contribution >= 0.6 is 12.4 Å². The van der Waals surface area contributed by atoms with Crippen molar-refractivity contribution in [2.45, 2.75) is 44.6 Å². The molecule has 134 valence electrons. The molecule has 1 aromatic carbocycles. The van der Waals surface area contributed by atoms with Gasteiger partial charge in [-0.2, -0.15) is 0 Å². The first-order valence-electron chi connectivity index (χ1n) is 8.54. The van der Waals surface area contributed by atoms with Crippen LogP contribution in [0.1, 0.15) is 44.6 Å². The molecule has 0 radical (unpaired) electrons.